The number of amidine groups is 1. The molecule has 1 fully saturated rings. The van der Waals surface area contributed by atoms with Crippen LogP contribution in [0.2, 0.25) is 0 Å². The minimum atomic E-state index is -0.244. The first-order chi connectivity index (χ1) is 16.2. The molecular weight excluding hydrogens is 428 g/mol. The molecular formula is C27H36N4O3. The van der Waals surface area contributed by atoms with E-state index in [1.54, 1.807) is 18.1 Å². The maximum absolute atomic E-state index is 13.4. The van der Waals surface area contributed by atoms with Crippen LogP contribution < -0.4 is 15.2 Å². The molecule has 2 heterocycles. The molecule has 0 atom stereocenters. The Morgan fingerprint density at radius 2 is 2.00 bits per heavy atom. The SMILES string of the molecule is COc1cc(C(=O)CN2Cc3ccc(C4CC4)nc3C2=N)cc(C(C)(C)C)c1OCCCCN. The maximum atomic E-state index is 13.4. The summed E-state index contributed by atoms with van der Waals surface area (Å²) in [5.74, 6) is 2.04. The predicted octanol–water partition coefficient (Wildman–Crippen LogP) is 4.41. The second-order valence-corrected chi connectivity index (χ2v) is 10.3. The average Bonchev–Trinajstić information content (AvgIpc) is 3.61. The Morgan fingerprint density at radius 3 is 2.65 bits per heavy atom. The van der Waals surface area contributed by atoms with E-state index in [0.29, 0.717) is 54.2 Å². The van der Waals surface area contributed by atoms with Crippen molar-refractivity contribution in [3.8, 4) is 11.5 Å². The van der Waals surface area contributed by atoms with Gasteiger partial charge in [-0.3, -0.25) is 10.2 Å². The van der Waals surface area contributed by atoms with Gasteiger partial charge >= 0.3 is 0 Å². The van der Waals surface area contributed by atoms with Gasteiger partial charge in [-0.05, 0) is 55.8 Å². The molecule has 1 aliphatic carbocycles. The second kappa shape index (κ2) is 9.74. The molecule has 182 valence electrons. The van der Waals surface area contributed by atoms with E-state index in [9.17, 15) is 4.79 Å². The van der Waals surface area contributed by atoms with Gasteiger partial charge in [-0.1, -0.05) is 26.8 Å². The lowest BCUT2D eigenvalue weighted by molar-refractivity contribution is 0.0962. The molecule has 7 nitrogen and oxygen atoms in total. The zero-order valence-electron chi connectivity index (χ0n) is 20.7. The molecule has 2 aromatic rings. The average molecular weight is 465 g/mol. The number of methoxy groups -OCH3 is 1. The molecule has 1 aromatic heterocycles. The lowest BCUT2D eigenvalue weighted by Gasteiger charge is -2.26. The number of ketones is 1. The molecule has 34 heavy (non-hydrogen) atoms. The highest BCUT2D eigenvalue weighted by atomic mass is 16.5. The van der Waals surface area contributed by atoms with Gasteiger partial charge in [-0.25, -0.2) is 4.98 Å². The van der Waals surface area contributed by atoms with Crippen molar-refractivity contribution in [1.82, 2.24) is 9.88 Å². The fraction of sp³-hybridized carbons (Fsp3) is 0.519. The van der Waals surface area contributed by atoms with E-state index < -0.39 is 0 Å². The number of nitrogens with two attached hydrogens (primary N) is 1. The molecule has 2 aliphatic rings. The smallest absolute Gasteiger partial charge is 0.182 e. The number of unbranched alkanes of at least 4 members (excludes halogenated alkanes) is 1. The van der Waals surface area contributed by atoms with Gasteiger partial charge < -0.3 is 20.1 Å². The third-order valence-electron chi connectivity index (χ3n) is 6.48. The quantitative estimate of drug-likeness (QED) is 0.399. The van der Waals surface area contributed by atoms with Gasteiger partial charge in [0.05, 0.1) is 20.3 Å². The van der Waals surface area contributed by atoms with E-state index in [2.05, 4.69) is 32.9 Å². The number of carbonyl (C=O) groups is 1. The number of hydrogen-bond acceptors (Lipinski definition) is 6. The van der Waals surface area contributed by atoms with Crippen LogP contribution in [0.5, 0.6) is 11.5 Å². The van der Waals surface area contributed by atoms with Crippen molar-refractivity contribution in [2.75, 3.05) is 26.8 Å². The molecule has 0 amide bonds. The van der Waals surface area contributed by atoms with Crippen molar-refractivity contribution in [1.29, 1.82) is 5.41 Å². The van der Waals surface area contributed by atoms with Crippen molar-refractivity contribution in [2.45, 2.75) is 64.3 Å². The zero-order chi connectivity index (χ0) is 24.5. The van der Waals surface area contributed by atoms with Gasteiger partial charge in [0.15, 0.2) is 17.3 Å². The summed E-state index contributed by atoms with van der Waals surface area (Å²) in [5.41, 5.74) is 9.64. The number of hydrogen-bond donors (Lipinski definition) is 2. The lowest BCUT2D eigenvalue weighted by atomic mass is 9.84. The van der Waals surface area contributed by atoms with Gasteiger partial charge in [-0.2, -0.15) is 0 Å². The number of nitrogens with zero attached hydrogens (tertiary/aromatic N) is 2. The van der Waals surface area contributed by atoms with Crippen LogP contribution in [-0.2, 0) is 12.0 Å². The molecule has 4 rings (SSSR count). The highest BCUT2D eigenvalue weighted by molar-refractivity contribution is 6.04. The Hall–Kier alpha value is -2.93. The number of rotatable bonds is 10. The molecule has 0 spiro atoms. The molecule has 1 aliphatic heterocycles. The van der Waals surface area contributed by atoms with Crippen molar-refractivity contribution in [3.63, 3.8) is 0 Å². The van der Waals surface area contributed by atoms with Crippen LogP contribution in [0, 0.1) is 5.41 Å². The van der Waals surface area contributed by atoms with E-state index in [-0.39, 0.29) is 17.7 Å². The molecule has 3 N–H and O–H groups in total. The number of fused-ring (bicyclic) bond motifs is 1. The van der Waals surface area contributed by atoms with E-state index >= 15 is 0 Å². The summed E-state index contributed by atoms with van der Waals surface area (Å²) in [6.07, 6.45) is 4.10. The first-order valence-electron chi connectivity index (χ1n) is 12.1. The summed E-state index contributed by atoms with van der Waals surface area (Å²) in [6, 6.07) is 7.81. The summed E-state index contributed by atoms with van der Waals surface area (Å²) in [4.78, 5) is 19.9. The highest BCUT2D eigenvalue weighted by Crippen LogP contribution is 2.41. The Bertz CT molecular complexity index is 1090. The third-order valence-corrected chi connectivity index (χ3v) is 6.48. The normalized spacial score (nSPS) is 15.4. The molecule has 1 saturated carbocycles. The van der Waals surface area contributed by atoms with Crippen molar-refractivity contribution >= 4 is 11.6 Å². The Morgan fingerprint density at radius 1 is 1.24 bits per heavy atom. The van der Waals surface area contributed by atoms with E-state index in [4.69, 9.17) is 25.6 Å². The number of ether oxygens (including phenoxy) is 2. The number of benzene rings is 1. The summed E-state index contributed by atoms with van der Waals surface area (Å²) in [5, 5.41) is 8.62. The maximum Gasteiger partial charge on any atom is 0.182 e. The Labute approximate surface area is 202 Å². The van der Waals surface area contributed by atoms with Crippen molar-refractivity contribution < 1.29 is 14.3 Å². The number of carbonyl (C=O) groups excluding carboxylic acids is 1. The fourth-order valence-electron chi connectivity index (χ4n) is 4.32. The highest BCUT2D eigenvalue weighted by Gasteiger charge is 2.32. The second-order valence-electron chi connectivity index (χ2n) is 10.3. The molecule has 7 heteroatoms. The van der Waals surface area contributed by atoms with E-state index in [0.717, 1.165) is 29.7 Å². The standard InChI is InChI=1S/C27H36N4O3/c1-27(2,3)20-13-19(14-23(33-4)25(20)34-12-6-5-11-28)22(32)16-31-15-18-9-10-21(17-7-8-17)30-24(18)26(31)29/h9-10,13-14,17,29H,5-8,11-12,15-16,28H2,1-4H3. The molecule has 0 radical (unpaired) electrons. The summed E-state index contributed by atoms with van der Waals surface area (Å²) >= 11 is 0. The van der Waals surface area contributed by atoms with Crippen LogP contribution in [-0.4, -0.2) is 48.3 Å². The lowest BCUT2D eigenvalue weighted by Crippen LogP contribution is -2.30. The molecule has 1 aromatic carbocycles. The Kier molecular flexibility index (Phi) is 6.94. The van der Waals surface area contributed by atoms with Gasteiger partial charge in [0, 0.05) is 34.8 Å². The number of pyridine rings is 1. The number of Topliss-reactive ketones (excluding diaryl/α,β-unsaturated/α-hetero) is 1. The number of nitrogens with one attached hydrogen (secondary N) is 1. The van der Waals surface area contributed by atoms with Crippen molar-refractivity contribution in [2.24, 2.45) is 5.73 Å². The van der Waals surface area contributed by atoms with E-state index in [1.807, 2.05) is 6.07 Å². The first kappa shape index (κ1) is 24.2. The monoisotopic (exact) mass is 464 g/mol. The van der Waals surface area contributed by atoms with Gasteiger partial charge in [0.25, 0.3) is 0 Å². The van der Waals surface area contributed by atoms with Crippen LogP contribution in [0.25, 0.3) is 0 Å². The van der Waals surface area contributed by atoms with Crippen molar-refractivity contribution in [3.05, 3.63) is 52.3 Å². The summed E-state index contributed by atoms with van der Waals surface area (Å²) in [7, 11) is 1.60. The van der Waals surface area contributed by atoms with Crippen LogP contribution in [0.3, 0.4) is 0 Å². The van der Waals surface area contributed by atoms with Gasteiger partial charge in [0.1, 0.15) is 11.5 Å². The minimum absolute atomic E-state index is 0.0570. The van der Waals surface area contributed by atoms with Crippen LogP contribution in [0.1, 0.15) is 85.2 Å². The minimum Gasteiger partial charge on any atom is -0.493 e. The summed E-state index contributed by atoms with van der Waals surface area (Å²) in [6.45, 7) is 8.12. The van der Waals surface area contributed by atoms with Gasteiger partial charge in [-0.15, -0.1) is 0 Å². The third kappa shape index (κ3) is 5.09. The first-order valence-corrected chi connectivity index (χ1v) is 12.1. The van der Waals surface area contributed by atoms with E-state index in [1.165, 1.54) is 12.8 Å². The molecule has 0 saturated heterocycles. The van der Waals surface area contributed by atoms with Crippen LogP contribution in [0.4, 0.5) is 0 Å². The summed E-state index contributed by atoms with van der Waals surface area (Å²) < 4.78 is 11.8. The largest absolute Gasteiger partial charge is 0.493 e. The molecule has 0 unspecified atom stereocenters. The van der Waals surface area contributed by atoms with Crippen LogP contribution >= 0.6 is 0 Å². The topological polar surface area (TPSA) is 102 Å². The zero-order valence-corrected chi connectivity index (χ0v) is 20.7. The predicted molar refractivity (Wildman–Crippen MR) is 133 cm³/mol. The molecule has 0 bridgehead atoms. The Balaban J connectivity index is 1.55. The fourth-order valence-corrected chi connectivity index (χ4v) is 4.32. The van der Waals surface area contributed by atoms with Crippen LogP contribution in [0.15, 0.2) is 24.3 Å². The van der Waals surface area contributed by atoms with Gasteiger partial charge in [0.2, 0.25) is 0 Å². The number of aromatic nitrogens is 1.